The summed E-state index contributed by atoms with van der Waals surface area (Å²) >= 11 is 0. The van der Waals surface area contributed by atoms with Crippen molar-refractivity contribution in [3.05, 3.63) is 18.2 Å². The highest BCUT2D eigenvalue weighted by Crippen LogP contribution is 2.02. The third-order valence-corrected chi connectivity index (χ3v) is 3.80. The van der Waals surface area contributed by atoms with Gasteiger partial charge >= 0.3 is 11.9 Å². The van der Waals surface area contributed by atoms with Crippen molar-refractivity contribution in [2.45, 2.75) is 37.4 Å². The predicted octanol–water partition coefficient (Wildman–Crippen LogP) is -4.20. The van der Waals surface area contributed by atoms with E-state index in [9.17, 15) is 28.8 Å². The van der Waals surface area contributed by atoms with Crippen molar-refractivity contribution in [3.63, 3.8) is 0 Å². The quantitative estimate of drug-likeness (QED) is 0.146. The van der Waals surface area contributed by atoms with E-state index in [0.717, 1.165) is 0 Å². The highest BCUT2D eigenvalue weighted by molar-refractivity contribution is 5.96. The van der Waals surface area contributed by atoms with Crippen LogP contribution in [0.5, 0.6) is 0 Å². The van der Waals surface area contributed by atoms with Gasteiger partial charge in [0.1, 0.15) is 18.6 Å². The van der Waals surface area contributed by atoms with Gasteiger partial charge in [-0.15, -0.1) is 0 Å². The number of carbonyl (C=O) groups is 6. The largest absolute Gasteiger partial charge is 0.481 e. The summed E-state index contributed by atoms with van der Waals surface area (Å²) < 4.78 is 0. The summed E-state index contributed by atoms with van der Waals surface area (Å²) in [5.41, 5.74) is 11.0. The van der Waals surface area contributed by atoms with E-state index in [4.69, 9.17) is 21.7 Å². The van der Waals surface area contributed by atoms with Gasteiger partial charge in [0, 0.05) is 18.3 Å². The van der Waals surface area contributed by atoms with Crippen LogP contribution >= 0.6 is 0 Å². The van der Waals surface area contributed by atoms with Crippen molar-refractivity contribution < 1.29 is 39.0 Å². The molecule has 10 N–H and O–H groups in total. The van der Waals surface area contributed by atoms with E-state index >= 15 is 0 Å². The summed E-state index contributed by atoms with van der Waals surface area (Å²) in [6.45, 7) is -0.762. The Labute approximate surface area is 174 Å². The zero-order valence-corrected chi connectivity index (χ0v) is 16.2. The van der Waals surface area contributed by atoms with Crippen molar-refractivity contribution in [1.82, 2.24) is 25.9 Å². The molecule has 1 rings (SSSR count). The number of aromatic nitrogens is 2. The first kappa shape index (κ1) is 25.0. The molecule has 3 atom stereocenters. The Kier molecular flexibility index (Phi) is 9.58. The SMILES string of the molecule is NC(=O)CC(NC(=O)C(Cc1cnc[nH]1)NC(=O)C(N)CC(=O)O)C(=O)NCC(=O)O. The Balaban J connectivity index is 2.97. The topological polar surface area (TPSA) is 260 Å². The average molecular weight is 441 g/mol. The molecular weight excluding hydrogens is 418 g/mol. The third kappa shape index (κ3) is 9.35. The molecule has 170 valence electrons. The zero-order valence-electron chi connectivity index (χ0n) is 16.2. The lowest BCUT2D eigenvalue weighted by molar-refractivity contribution is -0.139. The van der Waals surface area contributed by atoms with Crippen molar-refractivity contribution in [3.8, 4) is 0 Å². The zero-order chi connectivity index (χ0) is 23.6. The lowest BCUT2D eigenvalue weighted by atomic mass is 10.1. The first-order valence-electron chi connectivity index (χ1n) is 8.82. The molecule has 0 aliphatic rings. The molecule has 15 heteroatoms. The van der Waals surface area contributed by atoms with Gasteiger partial charge in [0.05, 0.1) is 25.2 Å². The Bertz CT molecular complexity index is 826. The summed E-state index contributed by atoms with van der Waals surface area (Å²) in [6, 6.07) is -4.30. The summed E-state index contributed by atoms with van der Waals surface area (Å²) in [4.78, 5) is 76.1. The Morgan fingerprint density at radius 2 is 1.61 bits per heavy atom. The van der Waals surface area contributed by atoms with Crippen LogP contribution in [-0.4, -0.2) is 80.4 Å². The van der Waals surface area contributed by atoms with Crippen LogP contribution in [0.3, 0.4) is 0 Å². The van der Waals surface area contributed by atoms with E-state index in [1.807, 2.05) is 5.32 Å². The Morgan fingerprint density at radius 1 is 0.968 bits per heavy atom. The number of primary amides is 1. The number of hydrogen-bond donors (Lipinski definition) is 8. The lowest BCUT2D eigenvalue weighted by Crippen LogP contribution is -2.57. The van der Waals surface area contributed by atoms with Crippen LogP contribution in [-0.2, 0) is 35.2 Å². The fourth-order valence-electron chi connectivity index (χ4n) is 2.35. The minimum atomic E-state index is -1.52. The molecule has 0 aliphatic carbocycles. The maximum absolute atomic E-state index is 12.7. The van der Waals surface area contributed by atoms with E-state index in [1.165, 1.54) is 12.5 Å². The summed E-state index contributed by atoms with van der Waals surface area (Å²) in [5, 5.41) is 23.9. The van der Waals surface area contributed by atoms with Gasteiger partial charge in [0.25, 0.3) is 0 Å². The molecule has 0 saturated carbocycles. The van der Waals surface area contributed by atoms with Gasteiger partial charge in [-0.25, -0.2) is 4.98 Å². The molecule has 0 spiro atoms. The van der Waals surface area contributed by atoms with E-state index in [-0.39, 0.29) is 6.42 Å². The van der Waals surface area contributed by atoms with Crippen LogP contribution in [0.15, 0.2) is 12.5 Å². The maximum atomic E-state index is 12.7. The number of rotatable bonds is 13. The van der Waals surface area contributed by atoms with Crippen LogP contribution in [0.1, 0.15) is 18.5 Å². The van der Waals surface area contributed by atoms with Gasteiger partial charge in [0.2, 0.25) is 23.6 Å². The smallest absolute Gasteiger partial charge is 0.322 e. The van der Waals surface area contributed by atoms with Crippen molar-refractivity contribution in [2.24, 2.45) is 11.5 Å². The normalized spacial score (nSPS) is 13.3. The molecule has 3 unspecified atom stereocenters. The van der Waals surface area contributed by atoms with Crippen LogP contribution in [0.25, 0.3) is 0 Å². The highest BCUT2D eigenvalue weighted by atomic mass is 16.4. The van der Waals surface area contributed by atoms with E-state index in [0.29, 0.717) is 5.69 Å². The lowest BCUT2D eigenvalue weighted by Gasteiger charge is -2.23. The number of nitrogens with two attached hydrogens (primary N) is 2. The molecule has 0 radical (unpaired) electrons. The van der Waals surface area contributed by atoms with Crippen LogP contribution in [0.4, 0.5) is 0 Å². The average Bonchev–Trinajstić information content (AvgIpc) is 3.17. The van der Waals surface area contributed by atoms with Gasteiger partial charge in [-0.3, -0.25) is 28.8 Å². The van der Waals surface area contributed by atoms with Crippen molar-refractivity contribution >= 4 is 35.6 Å². The number of amides is 4. The third-order valence-electron chi connectivity index (χ3n) is 3.80. The summed E-state index contributed by atoms with van der Waals surface area (Å²) in [6.07, 6.45) is 1.21. The van der Waals surface area contributed by atoms with Crippen molar-refractivity contribution in [1.29, 1.82) is 0 Å². The Hall–Kier alpha value is -4.01. The summed E-state index contributed by atoms with van der Waals surface area (Å²) in [5.74, 6) is -6.48. The predicted molar refractivity (Wildman–Crippen MR) is 101 cm³/mol. The molecule has 0 saturated heterocycles. The monoisotopic (exact) mass is 441 g/mol. The summed E-state index contributed by atoms with van der Waals surface area (Å²) in [7, 11) is 0. The second-order valence-corrected chi connectivity index (χ2v) is 6.39. The van der Waals surface area contributed by atoms with Crippen LogP contribution in [0, 0.1) is 0 Å². The van der Waals surface area contributed by atoms with Gasteiger partial charge in [0.15, 0.2) is 0 Å². The Morgan fingerprint density at radius 3 is 2.13 bits per heavy atom. The van der Waals surface area contributed by atoms with Crippen LogP contribution in [0.2, 0.25) is 0 Å². The van der Waals surface area contributed by atoms with E-state index < -0.39 is 73.1 Å². The van der Waals surface area contributed by atoms with E-state index in [2.05, 4.69) is 20.6 Å². The molecule has 0 fully saturated rings. The molecule has 0 aromatic carbocycles. The standard InChI is InChI=1S/C16H23N7O8/c17-8(2-12(25)26)14(29)22-9(1-7-4-19-6-21-7)16(31)23-10(3-11(18)24)15(30)20-5-13(27)28/h4,6,8-10H,1-3,5,17H2,(H2,18,24)(H,19,21)(H,20,30)(H,22,29)(H,23,31)(H,25,26)(H,27,28). The first-order valence-corrected chi connectivity index (χ1v) is 8.82. The van der Waals surface area contributed by atoms with Gasteiger partial charge < -0.3 is 42.6 Å². The van der Waals surface area contributed by atoms with Gasteiger partial charge in [-0.05, 0) is 0 Å². The van der Waals surface area contributed by atoms with E-state index in [1.54, 1.807) is 0 Å². The molecule has 1 aromatic rings. The van der Waals surface area contributed by atoms with Gasteiger partial charge in [-0.2, -0.15) is 0 Å². The van der Waals surface area contributed by atoms with Gasteiger partial charge in [-0.1, -0.05) is 0 Å². The number of aliphatic carboxylic acids is 2. The number of hydrogen-bond acceptors (Lipinski definition) is 8. The molecule has 0 bridgehead atoms. The second-order valence-electron chi connectivity index (χ2n) is 6.39. The molecule has 31 heavy (non-hydrogen) atoms. The molecular formula is C16H23N7O8. The fourth-order valence-corrected chi connectivity index (χ4v) is 2.35. The minimum absolute atomic E-state index is 0.141. The molecule has 1 heterocycles. The molecule has 0 aliphatic heterocycles. The maximum Gasteiger partial charge on any atom is 0.322 e. The van der Waals surface area contributed by atoms with Crippen LogP contribution < -0.4 is 27.4 Å². The minimum Gasteiger partial charge on any atom is -0.481 e. The molecule has 1 aromatic heterocycles. The number of imidazole rings is 1. The number of aromatic amines is 1. The van der Waals surface area contributed by atoms with Crippen molar-refractivity contribution in [2.75, 3.05) is 6.54 Å². The fraction of sp³-hybridized carbons (Fsp3) is 0.438. The second kappa shape index (κ2) is 11.9. The number of nitrogens with zero attached hydrogens (tertiary/aromatic N) is 1. The number of carbonyl (C=O) groups excluding carboxylic acids is 4. The first-order chi connectivity index (χ1) is 14.5. The number of H-pyrrole nitrogens is 1. The molecule has 15 nitrogen and oxygen atoms in total. The number of carboxylic acid groups (broad SMARTS) is 2. The molecule has 4 amide bonds. The highest BCUT2D eigenvalue weighted by Gasteiger charge is 2.30. The number of nitrogens with one attached hydrogen (secondary N) is 4. The number of carboxylic acids is 2.